The van der Waals surface area contributed by atoms with E-state index in [0.717, 1.165) is 6.42 Å². The van der Waals surface area contributed by atoms with Gasteiger partial charge in [0.1, 0.15) is 0 Å². The van der Waals surface area contributed by atoms with Crippen molar-refractivity contribution in [3.05, 3.63) is 0 Å². The third kappa shape index (κ3) is 15.7. The number of hydrogen-bond acceptors (Lipinski definition) is 5. The maximum absolute atomic E-state index is 10.4. The van der Waals surface area contributed by atoms with Crippen LogP contribution in [0.1, 0.15) is 33.1 Å². The topological polar surface area (TPSA) is 82.1 Å². The lowest BCUT2D eigenvalue weighted by atomic mass is 10.3. The molecule has 1 N–H and O–H groups in total. The summed E-state index contributed by atoms with van der Waals surface area (Å²) < 4.78 is 45.3. The van der Waals surface area contributed by atoms with Crippen LogP contribution in [0.4, 0.5) is 0 Å². The van der Waals surface area contributed by atoms with Crippen LogP contribution >= 0.6 is 0 Å². The molecular formula is C12H26O6S. The largest absolute Gasteiger partial charge is 0.379 e. The third-order valence-electron chi connectivity index (χ3n) is 2.52. The first-order valence-corrected chi connectivity index (χ1v) is 8.29. The van der Waals surface area contributed by atoms with Gasteiger partial charge in [0.15, 0.2) is 0 Å². The monoisotopic (exact) mass is 298 g/mol. The minimum absolute atomic E-state index is 0.209. The van der Waals surface area contributed by atoms with Crippen molar-refractivity contribution in [1.29, 1.82) is 0 Å². The van der Waals surface area contributed by atoms with Crippen LogP contribution in [0.25, 0.3) is 0 Å². The van der Waals surface area contributed by atoms with Crippen molar-refractivity contribution in [2.24, 2.45) is 0 Å². The van der Waals surface area contributed by atoms with Gasteiger partial charge in [-0.05, 0) is 26.2 Å². The van der Waals surface area contributed by atoms with Gasteiger partial charge in [-0.15, -0.1) is 0 Å². The van der Waals surface area contributed by atoms with Gasteiger partial charge in [0.25, 0.3) is 10.1 Å². The minimum atomic E-state index is -3.84. The molecule has 0 fully saturated rings. The minimum Gasteiger partial charge on any atom is -0.379 e. The highest BCUT2D eigenvalue weighted by Crippen LogP contribution is 1.96. The zero-order chi connectivity index (χ0) is 14.6. The zero-order valence-electron chi connectivity index (χ0n) is 11.8. The van der Waals surface area contributed by atoms with Crippen molar-refractivity contribution in [2.45, 2.75) is 39.2 Å². The van der Waals surface area contributed by atoms with Gasteiger partial charge in [0, 0.05) is 6.61 Å². The Hall–Kier alpha value is -0.210. The van der Waals surface area contributed by atoms with Gasteiger partial charge in [-0.1, -0.05) is 6.92 Å². The van der Waals surface area contributed by atoms with Crippen LogP contribution < -0.4 is 0 Å². The van der Waals surface area contributed by atoms with E-state index < -0.39 is 10.1 Å². The van der Waals surface area contributed by atoms with Crippen molar-refractivity contribution in [2.75, 3.05) is 38.8 Å². The summed E-state index contributed by atoms with van der Waals surface area (Å²) in [6, 6.07) is 0. The molecule has 19 heavy (non-hydrogen) atoms. The zero-order valence-corrected chi connectivity index (χ0v) is 12.7. The van der Waals surface area contributed by atoms with Gasteiger partial charge in [-0.25, -0.2) is 0 Å². The van der Waals surface area contributed by atoms with Crippen LogP contribution in [0.3, 0.4) is 0 Å². The van der Waals surface area contributed by atoms with E-state index in [1.165, 1.54) is 0 Å². The number of ether oxygens (including phenoxy) is 3. The number of hydrogen-bond donors (Lipinski definition) is 1. The molecule has 0 aliphatic carbocycles. The molecular weight excluding hydrogens is 272 g/mol. The molecule has 0 rings (SSSR count). The highest BCUT2D eigenvalue weighted by molar-refractivity contribution is 7.85. The molecule has 0 bridgehead atoms. The van der Waals surface area contributed by atoms with Gasteiger partial charge in [-0.2, -0.15) is 8.42 Å². The highest BCUT2D eigenvalue weighted by atomic mass is 32.2. The average Bonchev–Trinajstić information content (AvgIpc) is 2.34. The molecule has 1 atom stereocenters. The molecule has 0 saturated heterocycles. The molecule has 0 aliphatic rings. The molecule has 0 radical (unpaired) electrons. The van der Waals surface area contributed by atoms with Crippen LogP contribution in [0.5, 0.6) is 0 Å². The summed E-state index contributed by atoms with van der Waals surface area (Å²) >= 11 is 0. The molecule has 116 valence electrons. The van der Waals surface area contributed by atoms with Gasteiger partial charge < -0.3 is 14.2 Å². The summed E-state index contributed by atoms with van der Waals surface area (Å²) in [4.78, 5) is 0. The SMILES string of the molecule is CCC(C)OCCOCCOCCCCS(=O)(=O)O. The standard InChI is InChI=1S/C12H26O6S/c1-3-12(2)18-10-9-17-8-7-16-6-4-5-11-19(13,14)15/h12H,3-11H2,1-2H3,(H,13,14,15). The summed E-state index contributed by atoms with van der Waals surface area (Å²) in [5, 5.41) is 0. The van der Waals surface area contributed by atoms with Crippen molar-refractivity contribution in [3.8, 4) is 0 Å². The first kappa shape index (κ1) is 18.8. The Balaban J connectivity index is 3.11. The van der Waals surface area contributed by atoms with E-state index in [2.05, 4.69) is 6.92 Å². The summed E-state index contributed by atoms with van der Waals surface area (Å²) in [5.74, 6) is -0.209. The summed E-state index contributed by atoms with van der Waals surface area (Å²) in [7, 11) is -3.84. The van der Waals surface area contributed by atoms with Crippen molar-refractivity contribution in [1.82, 2.24) is 0 Å². The second kappa shape index (κ2) is 11.6. The van der Waals surface area contributed by atoms with Gasteiger partial charge >= 0.3 is 0 Å². The van der Waals surface area contributed by atoms with E-state index >= 15 is 0 Å². The Morgan fingerprint density at radius 2 is 1.58 bits per heavy atom. The van der Waals surface area contributed by atoms with Crippen molar-refractivity contribution >= 4 is 10.1 Å². The fraction of sp³-hybridized carbons (Fsp3) is 1.00. The Morgan fingerprint density at radius 3 is 2.16 bits per heavy atom. The molecule has 0 aromatic heterocycles. The lowest BCUT2D eigenvalue weighted by Crippen LogP contribution is -2.14. The molecule has 0 spiro atoms. The van der Waals surface area contributed by atoms with E-state index in [1.54, 1.807) is 0 Å². The fourth-order valence-electron chi connectivity index (χ4n) is 1.24. The maximum Gasteiger partial charge on any atom is 0.264 e. The van der Waals surface area contributed by atoms with Crippen LogP contribution in [-0.4, -0.2) is 57.9 Å². The van der Waals surface area contributed by atoms with Gasteiger partial charge in [0.2, 0.25) is 0 Å². The first-order chi connectivity index (χ1) is 8.95. The molecule has 1 unspecified atom stereocenters. The Kier molecular flexibility index (Phi) is 11.5. The second-order valence-corrected chi connectivity index (χ2v) is 5.88. The van der Waals surface area contributed by atoms with Crippen LogP contribution in [0, 0.1) is 0 Å². The smallest absolute Gasteiger partial charge is 0.264 e. The Morgan fingerprint density at radius 1 is 1.00 bits per heavy atom. The molecule has 0 saturated carbocycles. The molecule has 0 aromatic rings. The predicted octanol–water partition coefficient (Wildman–Crippen LogP) is 1.50. The Labute approximate surface area is 116 Å². The number of unbranched alkanes of at least 4 members (excludes halogenated alkanes) is 1. The normalized spacial score (nSPS) is 13.6. The van der Waals surface area contributed by atoms with E-state index in [0.29, 0.717) is 45.9 Å². The van der Waals surface area contributed by atoms with Crippen LogP contribution in [0.2, 0.25) is 0 Å². The Bertz CT molecular complexity index is 291. The van der Waals surface area contributed by atoms with Gasteiger partial charge in [-0.3, -0.25) is 4.55 Å². The average molecular weight is 298 g/mol. The second-order valence-electron chi connectivity index (χ2n) is 4.31. The molecule has 7 heteroatoms. The van der Waals surface area contributed by atoms with E-state index in [-0.39, 0.29) is 11.9 Å². The third-order valence-corrected chi connectivity index (χ3v) is 3.32. The first-order valence-electron chi connectivity index (χ1n) is 6.68. The van der Waals surface area contributed by atoms with Crippen molar-refractivity contribution in [3.63, 3.8) is 0 Å². The lowest BCUT2D eigenvalue weighted by Gasteiger charge is -2.10. The molecule has 0 aliphatic heterocycles. The van der Waals surface area contributed by atoms with E-state index in [4.69, 9.17) is 18.8 Å². The summed E-state index contributed by atoms with van der Waals surface area (Å²) in [6.07, 6.45) is 2.27. The summed E-state index contributed by atoms with van der Waals surface area (Å²) in [6.45, 7) is 6.69. The fourth-order valence-corrected chi connectivity index (χ4v) is 1.81. The van der Waals surface area contributed by atoms with Crippen LogP contribution in [0.15, 0.2) is 0 Å². The van der Waals surface area contributed by atoms with Crippen LogP contribution in [-0.2, 0) is 24.3 Å². The molecule has 0 heterocycles. The van der Waals surface area contributed by atoms with Crippen molar-refractivity contribution < 1.29 is 27.2 Å². The quantitative estimate of drug-likeness (QED) is 0.410. The predicted molar refractivity (Wildman–Crippen MR) is 73.0 cm³/mol. The van der Waals surface area contributed by atoms with E-state index in [1.807, 2.05) is 6.92 Å². The highest BCUT2D eigenvalue weighted by Gasteiger charge is 2.03. The summed E-state index contributed by atoms with van der Waals surface area (Å²) in [5.41, 5.74) is 0. The lowest BCUT2D eigenvalue weighted by molar-refractivity contribution is -0.00710. The maximum atomic E-state index is 10.4. The molecule has 0 aromatic carbocycles. The van der Waals surface area contributed by atoms with Gasteiger partial charge in [0.05, 0.1) is 38.3 Å². The number of rotatable bonds is 13. The molecule has 0 amide bonds. The van der Waals surface area contributed by atoms with E-state index in [9.17, 15) is 8.42 Å². The molecule has 6 nitrogen and oxygen atoms in total.